The van der Waals surface area contributed by atoms with Crippen molar-refractivity contribution in [1.82, 2.24) is 4.98 Å². The first-order valence-electron chi connectivity index (χ1n) is 9.27. The second kappa shape index (κ2) is 9.30. The van der Waals surface area contributed by atoms with Crippen LogP contribution in [0, 0.1) is 0 Å². The molecule has 3 N–H and O–H groups in total. The maximum absolute atomic E-state index is 11.6. The van der Waals surface area contributed by atoms with Crippen molar-refractivity contribution in [3.8, 4) is 11.5 Å². The fraction of sp³-hybridized carbons (Fsp3) is 0.333. The van der Waals surface area contributed by atoms with Gasteiger partial charge in [-0.15, -0.1) is 11.3 Å². The molecule has 148 valence electrons. The zero-order valence-electron chi connectivity index (χ0n) is 16.0. The number of hydrogen-bond donors (Lipinski definition) is 2. The van der Waals surface area contributed by atoms with Crippen molar-refractivity contribution in [2.45, 2.75) is 37.4 Å². The summed E-state index contributed by atoms with van der Waals surface area (Å²) in [7, 11) is 0. The number of Topliss-reactive ketones (excluding diaryl/α,β-unsaturated/α-hetero) is 1. The van der Waals surface area contributed by atoms with Gasteiger partial charge in [-0.3, -0.25) is 4.79 Å². The minimum absolute atomic E-state index is 0.0509. The number of aromatic hydroxyl groups is 1. The lowest BCUT2D eigenvalue weighted by Crippen LogP contribution is -2.04. The molecule has 7 heteroatoms. The lowest BCUT2D eigenvalue weighted by molar-refractivity contribution is 0.101. The molecule has 0 atom stereocenters. The van der Waals surface area contributed by atoms with Crippen LogP contribution in [0.15, 0.2) is 34.7 Å². The summed E-state index contributed by atoms with van der Waals surface area (Å²) in [5.74, 6) is 1.45. The molecule has 0 saturated carbocycles. The lowest BCUT2D eigenvalue weighted by atomic mass is 10.0. The first-order valence-corrected chi connectivity index (χ1v) is 11.1. The number of thiazole rings is 1. The van der Waals surface area contributed by atoms with Gasteiger partial charge in [-0.1, -0.05) is 25.1 Å². The van der Waals surface area contributed by atoms with E-state index in [0.717, 1.165) is 38.8 Å². The van der Waals surface area contributed by atoms with Crippen molar-refractivity contribution >= 4 is 44.8 Å². The first-order chi connectivity index (χ1) is 13.5. The summed E-state index contributed by atoms with van der Waals surface area (Å²) in [6.45, 7) is 4.03. The van der Waals surface area contributed by atoms with Crippen molar-refractivity contribution in [2.24, 2.45) is 0 Å². The summed E-state index contributed by atoms with van der Waals surface area (Å²) < 4.78 is 8.02. The Balaban J connectivity index is 1.55. The van der Waals surface area contributed by atoms with Gasteiger partial charge in [-0.25, -0.2) is 4.98 Å². The van der Waals surface area contributed by atoms with Crippen LogP contribution in [0.25, 0.3) is 10.2 Å². The highest BCUT2D eigenvalue weighted by Crippen LogP contribution is 2.34. The monoisotopic (exact) mass is 416 g/mol. The molecule has 3 aromatic rings. The molecule has 0 aliphatic heterocycles. The van der Waals surface area contributed by atoms with Crippen LogP contribution in [0.1, 0.15) is 42.6 Å². The topological polar surface area (TPSA) is 85.4 Å². The minimum atomic E-state index is -0.143. The van der Waals surface area contributed by atoms with Gasteiger partial charge in [0.05, 0.1) is 22.4 Å². The van der Waals surface area contributed by atoms with E-state index in [1.54, 1.807) is 35.2 Å². The Kier molecular flexibility index (Phi) is 6.80. The van der Waals surface area contributed by atoms with E-state index in [-0.39, 0.29) is 11.5 Å². The van der Waals surface area contributed by atoms with Crippen molar-refractivity contribution in [3.63, 3.8) is 0 Å². The molecule has 1 heterocycles. The van der Waals surface area contributed by atoms with Gasteiger partial charge in [0.1, 0.15) is 11.5 Å². The predicted octanol–water partition coefficient (Wildman–Crippen LogP) is 5.30. The Morgan fingerprint density at radius 1 is 1.32 bits per heavy atom. The van der Waals surface area contributed by atoms with Gasteiger partial charge >= 0.3 is 0 Å². The molecule has 0 radical (unpaired) electrons. The zero-order valence-corrected chi connectivity index (χ0v) is 17.7. The molecule has 0 aliphatic rings. The number of ether oxygens (including phenoxy) is 1. The van der Waals surface area contributed by atoms with Gasteiger partial charge in [-0.2, -0.15) is 0 Å². The largest absolute Gasteiger partial charge is 0.507 e. The fourth-order valence-electron chi connectivity index (χ4n) is 2.91. The Morgan fingerprint density at radius 3 is 2.89 bits per heavy atom. The molecular formula is C21H24N2O3S2. The summed E-state index contributed by atoms with van der Waals surface area (Å²) in [5, 5.41) is 10.4. The standard InChI is InChI=1S/C21H24N2O3S2/c1-3-5-16-18(9-7-15(13(2)24)20(16)25)26-10-4-11-27-21-23-17-8-6-14(22)12-19(17)28-21/h6-9,12,25H,3-5,10-11,22H2,1-2H3. The third-order valence-corrected chi connectivity index (χ3v) is 6.53. The number of ketones is 1. The normalized spacial score (nSPS) is 11.1. The second-order valence-corrected chi connectivity index (χ2v) is 8.87. The number of phenols is 1. The lowest BCUT2D eigenvalue weighted by Gasteiger charge is -2.14. The van der Waals surface area contributed by atoms with Crippen LogP contribution in [-0.4, -0.2) is 28.2 Å². The molecule has 0 saturated heterocycles. The zero-order chi connectivity index (χ0) is 20.1. The number of nitrogens with two attached hydrogens (primary N) is 1. The molecule has 28 heavy (non-hydrogen) atoms. The molecule has 0 unspecified atom stereocenters. The van der Waals surface area contributed by atoms with Crippen LogP contribution in [0.3, 0.4) is 0 Å². The third kappa shape index (κ3) is 4.77. The van der Waals surface area contributed by atoms with Gasteiger partial charge in [-0.05, 0) is 50.1 Å². The van der Waals surface area contributed by atoms with Crippen LogP contribution in [0.2, 0.25) is 0 Å². The van der Waals surface area contributed by atoms with Crippen molar-refractivity contribution in [3.05, 3.63) is 41.5 Å². The van der Waals surface area contributed by atoms with Gasteiger partial charge < -0.3 is 15.6 Å². The number of thioether (sulfide) groups is 1. The molecule has 0 amide bonds. The summed E-state index contributed by atoms with van der Waals surface area (Å²) in [4.78, 5) is 16.2. The number of rotatable bonds is 9. The Bertz CT molecular complexity index is 985. The van der Waals surface area contributed by atoms with Gasteiger partial charge in [0.15, 0.2) is 10.1 Å². The van der Waals surface area contributed by atoms with Gasteiger partial charge in [0, 0.05) is 17.0 Å². The number of nitrogens with zero attached hydrogens (tertiary/aromatic N) is 1. The molecule has 5 nitrogen and oxygen atoms in total. The Morgan fingerprint density at radius 2 is 2.14 bits per heavy atom. The van der Waals surface area contributed by atoms with Crippen LogP contribution in [0.4, 0.5) is 5.69 Å². The SMILES string of the molecule is CCCc1c(OCCCSc2nc3ccc(N)cc3s2)ccc(C(C)=O)c1O. The smallest absolute Gasteiger partial charge is 0.163 e. The van der Waals surface area contributed by atoms with E-state index in [2.05, 4.69) is 4.98 Å². The van der Waals surface area contributed by atoms with E-state index in [1.165, 1.54) is 6.92 Å². The van der Waals surface area contributed by atoms with Crippen LogP contribution in [-0.2, 0) is 6.42 Å². The van der Waals surface area contributed by atoms with E-state index in [4.69, 9.17) is 10.5 Å². The molecular weight excluding hydrogens is 392 g/mol. The predicted molar refractivity (Wildman–Crippen MR) is 117 cm³/mol. The maximum Gasteiger partial charge on any atom is 0.163 e. The van der Waals surface area contributed by atoms with Gasteiger partial charge in [0.25, 0.3) is 0 Å². The number of phenolic OH excluding ortho intramolecular Hbond substituents is 1. The van der Waals surface area contributed by atoms with Crippen molar-refractivity contribution in [1.29, 1.82) is 0 Å². The molecule has 1 aromatic heterocycles. The summed E-state index contributed by atoms with van der Waals surface area (Å²) >= 11 is 3.35. The van der Waals surface area contributed by atoms with Crippen molar-refractivity contribution < 1.29 is 14.6 Å². The second-order valence-electron chi connectivity index (χ2n) is 6.50. The molecule has 0 fully saturated rings. The number of benzene rings is 2. The highest BCUT2D eigenvalue weighted by atomic mass is 32.2. The van der Waals surface area contributed by atoms with Crippen LogP contribution in [0.5, 0.6) is 11.5 Å². The van der Waals surface area contributed by atoms with Gasteiger partial charge in [0.2, 0.25) is 0 Å². The molecule has 0 spiro atoms. The van der Waals surface area contributed by atoms with E-state index in [9.17, 15) is 9.90 Å². The van der Waals surface area contributed by atoms with Crippen LogP contribution >= 0.6 is 23.1 Å². The number of carbonyl (C=O) groups is 1. The highest BCUT2D eigenvalue weighted by molar-refractivity contribution is 8.01. The van der Waals surface area contributed by atoms with E-state index >= 15 is 0 Å². The number of anilines is 1. The Labute approximate surface area is 172 Å². The molecule has 0 bridgehead atoms. The molecule has 3 rings (SSSR count). The first kappa shape index (κ1) is 20.5. The highest BCUT2D eigenvalue weighted by Gasteiger charge is 2.15. The Hall–Kier alpha value is -2.25. The molecule has 2 aromatic carbocycles. The minimum Gasteiger partial charge on any atom is -0.507 e. The third-order valence-electron chi connectivity index (χ3n) is 4.28. The van der Waals surface area contributed by atoms with Crippen LogP contribution < -0.4 is 10.5 Å². The number of fused-ring (bicyclic) bond motifs is 1. The number of hydrogen-bond acceptors (Lipinski definition) is 7. The van der Waals surface area contributed by atoms with Crippen molar-refractivity contribution in [2.75, 3.05) is 18.1 Å². The summed E-state index contributed by atoms with van der Waals surface area (Å²) in [5.41, 5.74) is 8.61. The van der Waals surface area contributed by atoms with E-state index < -0.39 is 0 Å². The summed E-state index contributed by atoms with van der Waals surface area (Å²) in [6, 6.07) is 9.18. The average molecular weight is 417 g/mol. The number of nitrogen functional groups attached to an aromatic ring is 1. The fourth-order valence-corrected chi connectivity index (χ4v) is 5.01. The number of aromatic nitrogens is 1. The maximum atomic E-state index is 11.6. The average Bonchev–Trinajstić information content (AvgIpc) is 3.05. The molecule has 0 aliphatic carbocycles. The quantitative estimate of drug-likeness (QED) is 0.213. The van der Waals surface area contributed by atoms with E-state index in [0.29, 0.717) is 29.9 Å². The van der Waals surface area contributed by atoms with E-state index in [1.807, 2.05) is 25.1 Å². The summed E-state index contributed by atoms with van der Waals surface area (Å²) in [6.07, 6.45) is 2.39. The number of carbonyl (C=O) groups excluding carboxylic acids is 1.